The smallest absolute Gasteiger partial charge is 0.000715 e. The van der Waals surface area contributed by atoms with Crippen molar-refractivity contribution in [2.45, 2.75) is 0 Å². The highest BCUT2D eigenvalue weighted by molar-refractivity contribution is 8.33. The Labute approximate surface area is 45.3 Å². The van der Waals surface area contributed by atoms with Crippen LogP contribution in [0.2, 0.25) is 0 Å². The van der Waals surface area contributed by atoms with Gasteiger partial charge in [0.2, 0.25) is 0 Å². The molecule has 0 bridgehead atoms. The molecule has 0 unspecified atom stereocenters. The second kappa shape index (κ2) is 2.17. The van der Waals surface area contributed by atoms with E-state index in [2.05, 4.69) is 13.2 Å². The monoisotopic (exact) mass is 120 g/mol. The third kappa shape index (κ3) is 2.45. The molecule has 0 nitrogen and oxygen atoms in total. The van der Waals surface area contributed by atoms with Crippen molar-refractivity contribution in [1.82, 2.24) is 0 Å². The van der Waals surface area contributed by atoms with Gasteiger partial charge in [0.25, 0.3) is 0 Å². The van der Waals surface area contributed by atoms with Gasteiger partial charge in [0, 0.05) is 0 Å². The van der Waals surface area contributed by atoms with E-state index in [9.17, 15) is 3.89 Å². The first-order valence-electron chi connectivity index (χ1n) is 1.85. The molecule has 0 saturated carbocycles. The molecule has 0 saturated heterocycles. The summed E-state index contributed by atoms with van der Waals surface area (Å²) in [6, 6.07) is 0. The summed E-state index contributed by atoms with van der Waals surface area (Å²) in [7, 11) is -2.13. The zero-order valence-corrected chi connectivity index (χ0v) is 5.17. The lowest BCUT2D eigenvalue weighted by Crippen LogP contribution is -1.72. The lowest BCUT2D eigenvalue weighted by atomic mass is 11.3. The van der Waals surface area contributed by atoms with Crippen LogP contribution in [0.15, 0.2) is 24.0 Å². The zero-order valence-electron chi connectivity index (χ0n) is 4.36. The van der Waals surface area contributed by atoms with Crippen LogP contribution < -0.4 is 0 Å². The summed E-state index contributed by atoms with van der Waals surface area (Å²) in [4.78, 5) is 0. The van der Waals surface area contributed by atoms with Gasteiger partial charge in [-0.3, -0.25) is 0 Å². The van der Waals surface area contributed by atoms with Gasteiger partial charge in [-0.2, -0.15) is 3.89 Å². The molecule has 0 rings (SSSR count). The van der Waals surface area contributed by atoms with E-state index in [0.717, 1.165) is 0 Å². The van der Waals surface area contributed by atoms with Crippen LogP contribution in [0.1, 0.15) is 0 Å². The summed E-state index contributed by atoms with van der Waals surface area (Å²) in [6.45, 7) is 6.59. The lowest BCUT2D eigenvalue weighted by molar-refractivity contribution is 0.920. The average molecular weight is 120 g/mol. The molecule has 0 fully saturated rings. The van der Waals surface area contributed by atoms with Gasteiger partial charge in [-0.15, -0.1) is 0 Å². The third-order valence-electron chi connectivity index (χ3n) is 0.652. The van der Waals surface area contributed by atoms with Crippen LogP contribution in [0.4, 0.5) is 3.89 Å². The molecule has 2 heteroatoms. The van der Waals surface area contributed by atoms with Crippen molar-refractivity contribution in [2.75, 3.05) is 6.26 Å². The topological polar surface area (TPSA) is 0 Å². The summed E-state index contributed by atoms with van der Waals surface area (Å²) >= 11 is 0. The van der Waals surface area contributed by atoms with Gasteiger partial charge in [-0.1, -0.05) is 23.6 Å². The van der Waals surface area contributed by atoms with Gasteiger partial charge < -0.3 is 0 Å². The van der Waals surface area contributed by atoms with Gasteiger partial charge in [0.15, 0.2) is 0 Å². The average Bonchev–Trinajstić information content (AvgIpc) is 1.68. The van der Waals surface area contributed by atoms with E-state index in [4.69, 9.17) is 0 Å². The Morgan fingerprint density at radius 2 is 1.71 bits per heavy atom. The summed E-state index contributed by atoms with van der Waals surface area (Å²) < 4.78 is 12.4. The maximum Gasteiger partial charge on any atom is -0.000715 e. The largest absolute Gasteiger partial charge is 0.181 e. The standard InChI is InChI=1S/C5H9FS/c1-4-7(3,6)5-2/h4-5H,1-2H2,3H3. The molecule has 0 aromatic rings. The molecule has 0 atom stereocenters. The molecule has 0 aliphatic carbocycles. The van der Waals surface area contributed by atoms with E-state index >= 15 is 0 Å². The molecule has 0 N–H and O–H groups in total. The first-order chi connectivity index (χ1) is 3.12. The van der Waals surface area contributed by atoms with Crippen molar-refractivity contribution in [3.63, 3.8) is 0 Å². The Bertz CT molecular complexity index is 76.1. The maximum absolute atomic E-state index is 12.4. The zero-order chi connectivity index (χ0) is 5.91. The predicted molar refractivity (Wildman–Crippen MR) is 35.0 cm³/mol. The van der Waals surface area contributed by atoms with Crippen LogP contribution in [-0.4, -0.2) is 6.26 Å². The summed E-state index contributed by atoms with van der Waals surface area (Å²) in [5, 5.41) is 2.58. The minimum absolute atomic E-state index is 1.29. The van der Waals surface area contributed by atoms with Crippen LogP contribution in [0, 0.1) is 0 Å². The SMILES string of the molecule is C=CS(C)(F)C=C. The van der Waals surface area contributed by atoms with Gasteiger partial charge >= 0.3 is 0 Å². The molecule has 0 aromatic carbocycles. The van der Waals surface area contributed by atoms with Crippen molar-refractivity contribution < 1.29 is 3.89 Å². The number of hydrogen-bond donors (Lipinski definition) is 0. The summed E-state index contributed by atoms with van der Waals surface area (Å²) in [6.07, 6.45) is 1.48. The van der Waals surface area contributed by atoms with E-state index in [-0.39, 0.29) is 0 Å². The highest BCUT2D eigenvalue weighted by Crippen LogP contribution is 2.47. The molecule has 0 aliphatic heterocycles. The molecule has 0 amide bonds. The van der Waals surface area contributed by atoms with E-state index in [0.29, 0.717) is 0 Å². The number of halogens is 1. The molecule has 0 aliphatic rings. The van der Waals surface area contributed by atoms with Crippen LogP contribution >= 0.6 is 10.4 Å². The Balaban J connectivity index is 3.82. The number of rotatable bonds is 2. The molecule has 7 heavy (non-hydrogen) atoms. The van der Waals surface area contributed by atoms with Crippen molar-refractivity contribution in [2.24, 2.45) is 0 Å². The van der Waals surface area contributed by atoms with Crippen molar-refractivity contribution in [1.29, 1.82) is 0 Å². The first kappa shape index (κ1) is 6.76. The van der Waals surface area contributed by atoms with E-state index in [1.807, 2.05) is 0 Å². The second-order valence-corrected chi connectivity index (χ2v) is 3.82. The van der Waals surface area contributed by atoms with Crippen LogP contribution in [0.5, 0.6) is 0 Å². The second-order valence-electron chi connectivity index (χ2n) is 1.27. The highest BCUT2D eigenvalue weighted by Gasteiger charge is 2.01. The predicted octanol–water partition coefficient (Wildman–Crippen LogP) is 2.59. The van der Waals surface area contributed by atoms with Crippen molar-refractivity contribution >= 4 is 10.4 Å². The minimum atomic E-state index is -2.13. The molecule has 42 valence electrons. The fourth-order valence-corrected chi connectivity index (χ4v) is 0.204. The summed E-state index contributed by atoms with van der Waals surface area (Å²) in [5.74, 6) is 0. The minimum Gasteiger partial charge on any atom is -0.181 e. The van der Waals surface area contributed by atoms with Crippen LogP contribution in [0.25, 0.3) is 0 Å². The lowest BCUT2D eigenvalue weighted by Gasteiger charge is -2.12. The first-order valence-corrected chi connectivity index (χ1v) is 3.92. The molecule has 0 spiro atoms. The summed E-state index contributed by atoms with van der Waals surface area (Å²) in [5.41, 5.74) is 0. The molecule has 0 radical (unpaired) electrons. The molecular weight excluding hydrogens is 111 g/mol. The fraction of sp³-hybridized carbons (Fsp3) is 0.200. The van der Waals surface area contributed by atoms with Gasteiger partial charge in [-0.25, -0.2) is 0 Å². The van der Waals surface area contributed by atoms with E-state index < -0.39 is 10.4 Å². The van der Waals surface area contributed by atoms with Crippen molar-refractivity contribution in [3.8, 4) is 0 Å². The Morgan fingerprint density at radius 1 is 1.43 bits per heavy atom. The van der Waals surface area contributed by atoms with E-state index in [1.165, 1.54) is 17.1 Å². The normalized spacial score (nSPS) is 12.9. The maximum atomic E-state index is 12.4. The van der Waals surface area contributed by atoms with Crippen LogP contribution in [0.3, 0.4) is 0 Å². The van der Waals surface area contributed by atoms with E-state index in [1.54, 1.807) is 0 Å². The third-order valence-corrected chi connectivity index (χ3v) is 1.96. The Hall–Kier alpha value is -0.240. The Kier molecular flexibility index (Phi) is 2.09. The quantitative estimate of drug-likeness (QED) is 0.525. The fourth-order valence-electron chi connectivity index (χ4n) is 0.0680. The van der Waals surface area contributed by atoms with Crippen LogP contribution in [-0.2, 0) is 0 Å². The van der Waals surface area contributed by atoms with Gasteiger partial charge in [-0.05, 0) is 17.1 Å². The van der Waals surface area contributed by atoms with Gasteiger partial charge in [0.05, 0.1) is 0 Å². The molecular formula is C5H9FS. The number of hydrogen-bond acceptors (Lipinski definition) is 0. The van der Waals surface area contributed by atoms with Gasteiger partial charge in [0.1, 0.15) is 0 Å². The Morgan fingerprint density at radius 3 is 1.71 bits per heavy atom. The molecule has 0 aromatic heterocycles. The molecule has 0 heterocycles. The van der Waals surface area contributed by atoms with Crippen molar-refractivity contribution in [3.05, 3.63) is 24.0 Å². The highest BCUT2D eigenvalue weighted by atomic mass is 32.3.